The molecule has 0 aromatic heterocycles. The van der Waals surface area contributed by atoms with Crippen LogP contribution in [0, 0.1) is 0 Å². The summed E-state index contributed by atoms with van der Waals surface area (Å²) in [6.45, 7) is 2.03. The third-order valence-electron chi connectivity index (χ3n) is 3.19. The maximum Gasteiger partial charge on any atom is 0.261 e. The topological polar surface area (TPSA) is 33.3 Å². The minimum atomic E-state index is 0.0864. The van der Waals surface area contributed by atoms with E-state index >= 15 is 0 Å². The molecule has 2 N–H and O–H groups in total. The van der Waals surface area contributed by atoms with Crippen molar-refractivity contribution in [2.45, 2.75) is 24.3 Å². The lowest BCUT2D eigenvalue weighted by molar-refractivity contribution is 0.217. The minimum absolute atomic E-state index is 0.0864. The summed E-state index contributed by atoms with van der Waals surface area (Å²) in [6.07, 6.45) is 0.928. The Morgan fingerprint density at radius 2 is 2.05 bits per heavy atom. The number of fused-ring (bicyclic) bond motifs is 1. The molecule has 5 heteroatoms. The normalized spacial score (nSPS) is 17.2. The molecule has 0 fully saturated rings. The average Bonchev–Trinajstić information content (AvgIpc) is 2.62. The molecular formula is C16H16N2OS2. The van der Waals surface area contributed by atoms with E-state index in [4.69, 9.17) is 17.0 Å². The Bertz CT molecular complexity index is 646. The summed E-state index contributed by atoms with van der Waals surface area (Å²) in [5.41, 5.74) is 3.31. The van der Waals surface area contributed by atoms with E-state index in [2.05, 4.69) is 28.2 Å². The molecule has 2 aromatic rings. The molecule has 1 aliphatic rings. The summed E-state index contributed by atoms with van der Waals surface area (Å²) in [5.74, 6) is 0. The van der Waals surface area contributed by atoms with Gasteiger partial charge >= 0.3 is 0 Å². The Labute approximate surface area is 134 Å². The summed E-state index contributed by atoms with van der Waals surface area (Å²) in [6, 6.07) is 16.5. The van der Waals surface area contributed by atoms with Crippen molar-refractivity contribution in [1.82, 2.24) is 0 Å². The minimum Gasteiger partial charge on any atom is -0.467 e. The van der Waals surface area contributed by atoms with E-state index < -0.39 is 0 Å². The molecular weight excluding hydrogens is 300 g/mol. The molecule has 0 spiro atoms. The molecule has 3 nitrogen and oxygen atoms in total. The monoisotopic (exact) mass is 316 g/mol. The molecule has 1 aliphatic heterocycles. The van der Waals surface area contributed by atoms with E-state index in [1.54, 1.807) is 11.9 Å². The van der Waals surface area contributed by atoms with Crippen LogP contribution >= 0.6 is 24.2 Å². The second-order valence-corrected chi connectivity index (χ2v) is 6.18. The van der Waals surface area contributed by atoms with Crippen LogP contribution in [0.15, 0.2) is 53.4 Å². The molecule has 0 saturated carbocycles. The predicted octanol–water partition coefficient (Wildman–Crippen LogP) is 4.46. The van der Waals surface area contributed by atoms with Gasteiger partial charge in [0.2, 0.25) is 0 Å². The number of rotatable bonds is 3. The van der Waals surface area contributed by atoms with E-state index in [1.165, 1.54) is 10.5 Å². The van der Waals surface area contributed by atoms with Gasteiger partial charge in [0.05, 0.1) is 0 Å². The SMILES string of the molecule is CC1Cc2cc(NSc3ccccc3)ccc2NC(=S)O1. The maximum atomic E-state index is 5.56. The first-order chi connectivity index (χ1) is 10.2. The van der Waals surface area contributed by atoms with Crippen LogP contribution in [0.2, 0.25) is 0 Å². The first kappa shape index (κ1) is 14.2. The summed E-state index contributed by atoms with van der Waals surface area (Å²) in [4.78, 5) is 1.18. The molecule has 0 bridgehead atoms. The Morgan fingerprint density at radius 3 is 2.86 bits per heavy atom. The van der Waals surface area contributed by atoms with Crippen molar-refractivity contribution in [3.8, 4) is 0 Å². The standard InChI is InChI=1S/C16H16N2OS2/c1-11-9-12-10-13(7-8-15(12)17-16(20)19-11)18-21-14-5-3-2-4-6-14/h2-8,10-11,18H,9H2,1H3,(H,17,20). The zero-order valence-electron chi connectivity index (χ0n) is 11.6. The van der Waals surface area contributed by atoms with Gasteiger partial charge in [0.15, 0.2) is 0 Å². The second kappa shape index (κ2) is 6.37. The van der Waals surface area contributed by atoms with Crippen LogP contribution in [0.5, 0.6) is 0 Å². The zero-order valence-corrected chi connectivity index (χ0v) is 13.3. The Morgan fingerprint density at radius 1 is 1.24 bits per heavy atom. The highest BCUT2D eigenvalue weighted by Crippen LogP contribution is 2.28. The Hall–Kier alpha value is -1.72. The van der Waals surface area contributed by atoms with Gasteiger partial charge in [0.1, 0.15) is 6.10 Å². The summed E-state index contributed by atoms with van der Waals surface area (Å²) >= 11 is 6.74. The van der Waals surface area contributed by atoms with E-state index in [0.717, 1.165) is 17.8 Å². The van der Waals surface area contributed by atoms with E-state index in [1.807, 2.05) is 37.3 Å². The second-order valence-electron chi connectivity index (χ2n) is 4.93. The quantitative estimate of drug-likeness (QED) is 0.645. The highest BCUT2D eigenvalue weighted by Gasteiger charge is 2.16. The van der Waals surface area contributed by atoms with Crippen molar-refractivity contribution in [2.75, 3.05) is 10.0 Å². The van der Waals surface area contributed by atoms with Gasteiger partial charge in [-0.1, -0.05) is 18.2 Å². The van der Waals surface area contributed by atoms with Gasteiger partial charge in [-0.15, -0.1) is 0 Å². The summed E-state index contributed by atoms with van der Waals surface area (Å²) < 4.78 is 8.93. The lowest BCUT2D eigenvalue weighted by atomic mass is 10.1. The largest absolute Gasteiger partial charge is 0.467 e. The zero-order chi connectivity index (χ0) is 14.7. The van der Waals surface area contributed by atoms with Crippen LogP contribution in [0.25, 0.3) is 0 Å². The maximum absolute atomic E-state index is 5.56. The predicted molar refractivity (Wildman–Crippen MR) is 92.8 cm³/mol. The molecule has 0 saturated heterocycles. The van der Waals surface area contributed by atoms with Crippen molar-refractivity contribution in [1.29, 1.82) is 0 Å². The number of anilines is 2. The van der Waals surface area contributed by atoms with Crippen LogP contribution in [-0.2, 0) is 11.2 Å². The van der Waals surface area contributed by atoms with E-state index in [-0.39, 0.29) is 6.10 Å². The number of hydrogen-bond donors (Lipinski definition) is 2. The van der Waals surface area contributed by atoms with Crippen LogP contribution in [0.4, 0.5) is 11.4 Å². The molecule has 0 aliphatic carbocycles. The number of ether oxygens (including phenoxy) is 1. The van der Waals surface area contributed by atoms with Gasteiger partial charge in [-0.25, -0.2) is 0 Å². The first-order valence-corrected chi connectivity index (χ1v) is 8.01. The number of thiocarbonyl (C=S) groups is 1. The lowest BCUT2D eigenvalue weighted by Gasteiger charge is -2.10. The summed E-state index contributed by atoms with van der Waals surface area (Å²) in [5, 5.41) is 3.57. The van der Waals surface area contributed by atoms with Crippen molar-refractivity contribution >= 4 is 40.7 Å². The van der Waals surface area contributed by atoms with Crippen molar-refractivity contribution in [2.24, 2.45) is 0 Å². The fourth-order valence-corrected chi connectivity index (χ4v) is 3.16. The van der Waals surface area contributed by atoms with Crippen LogP contribution in [0.1, 0.15) is 12.5 Å². The van der Waals surface area contributed by atoms with Crippen LogP contribution in [0.3, 0.4) is 0 Å². The number of hydrogen-bond acceptors (Lipinski definition) is 4. The van der Waals surface area contributed by atoms with Gasteiger partial charge in [-0.2, -0.15) is 0 Å². The molecule has 2 aromatic carbocycles. The number of benzene rings is 2. The highest BCUT2D eigenvalue weighted by atomic mass is 32.2. The molecule has 0 amide bonds. The molecule has 0 radical (unpaired) electrons. The van der Waals surface area contributed by atoms with Gasteiger partial charge in [0.25, 0.3) is 5.17 Å². The van der Waals surface area contributed by atoms with Gasteiger partial charge < -0.3 is 14.8 Å². The van der Waals surface area contributed by atoms with Crippen molar-refractivity contribution in [3.05, 3.63) is 54.1 Å². The van der Waals surface area contributed by atoms with E-state index in [9.17, 15) is 0 Å². The lowest BCUT2D eigenvalue weighted by Crippen LogP contribution is -2.16. The smallest absolute Gasteiger partial charge is 0.261 e. The molecule has 1 heterocycles. The third kappa shape index (κ3) is 3.68. The van der Waals surface area contributed by atoms with Crippen molar-refractivity contribution in [3.63, 3.8) is 0 Å². The molecule has 1 unspecified atom stereocenters. The van der Waals surface area contributed by atoms with Crippen molar-refractivity contribution < 1.29 is 4.74 Å². The number of nitrogens with one attached hydrogen (secondary N) is 2. The molecule has 3 rings (SSSR count). The van der Waals surface area contributed by atoms with Crippen LogP contribution in [-0.4, -0.2) is 11.3 Å². The fraction of sp³-hybridized carbons (Fsp3) is 0.188. The first-order valence-electron chi connectivity index (χ1n) is 6.79. The van der Waals surface area contributed by atoms with Gasteiger partial charge in [-0.3, -0.25) is 0 Å². The van der Waals surface area contributed by atoms with E-state index in [0.29, 0.717) is 5.17 Å². The molecule has 108 valence electrons. The fourth-order valence-electron chi connectivity index (χ4n) is 2.23. The Balaban J connectivity index is 1.75. The molecule has 1 atom stereocenters. The highest BCUT2D eigenvalue weighted by molar-refractivity contribution is 8.00. The summed E-state index contributed by atoms with van der Waals surface area (Å²) in [7, 11) is 0. The molecule has 21 heavy (non-hydrogen) atoms. The third-order valence-corrected chi connectivity index (χ3v) is 4.23. The average molecular weight is 316 g/mol. The van der Waals surface area contributed by atoms with Crippen LogP contribution < -0.4 is 10.0 Å². The van der Waals surface area contributed by atoms with Gasteiger partial charge in [-0.05, 0) is 67.0 Å². The Kier molecular flexibility index (Phi) is 4.31. The van der Waals surface area contributed by atoms with Gasteiger partial charge in [0, 0.05) is 22.7 Å².